The summed E-state index contributed by atoms with van der Waals surface area (Å²) in [5, 5.41) is 7.54. The molecule has 0 radical (unpaired) electrons. The number of carbonyl (C=O) groups is 1. The number of hydrogen-bond acceptors (Lipinski definition) is 5. The number of sulfonamides is 1. The van der Waals surface area contributed by atoms with Gasteiger partial charge in [-0.15, -0.1) is 0 Å². The smallest absolute Gasteiger partial charge is 0.274 e. The van der Waals surface area contributed by atoms with Gasteiger partial charge in [0.1, 0.15) is 5.69 Å². The third kappa shape index (κ3) is 4.19. The third-order valence-corrected chi connectivity index (χ3v) is 7.59. The molecule has 2 aliphatic rings. The number of hydrogen-bond donors (Lipinski definition) is 1. The van der Waals surface area contributed by atoms with Gasteiger partial charge in [0.25, 0.3) is 5.91 Å². The number of carbonyl (C=O) groups excluding carboxylic acids is 1. The first-order valence-corrected chi connectivity index (χ1v) is 12.1. The Morgan fingerprint density at radius 3 is 2.34 bits per heavy atom. The van der Waals surface area contributed by atoms with E-state index in [-0.39, 0.29) is 10.8 Å². The lowest BCUT2D eigenvalue weighted by atomic mass is 10.2. The molecule has 1 amide bonds. The summed E-state index contributed by atoms with van der Waals surface area (Å²) in [6.07, 6.45) is 2.18. The van der Waals surface area contributed by atoms with Gasteiger partial charge in [-0.05, 0) is 55.3 Å². The second-order valence-corrected chi connectivity index (χ2v) is 9.91. The highest BCUT2D eigenvalue weighted by Gasteiger charge is 2.29. The molecule has 166 valence electrons. The SMILES string of the molecule is O=C(Nc1ccc(S(=O)(=O)N2CCOCC2)cc1)c1cc(C2CC2)nn1-c1ccccc1. The Balaban J connectivity index is 1.36. The van der Waals surface area contributed by atoms with Gasteiger partial charge in [-0.2, -0.15) is 9.40 Å². The Hall–Kier alpha value is -3.01. The van der Waals surface area contributed by atoms with Crippen LogP contribution in [0.15, 0.2) is 65.6 Å². The van der Waals surface area contributed by atoms with Crippen molar-refractivity contribution in [2.24, 2.45) is 0 Å². The van der Waals surface area contributed by atoms with E-state index < -0.39 is 10.0 Å². The minimum absolute atomic E-state index is 0.197. The fraction of sp³-hybridized carbons (Fsp3) is 0.304. The molecule has 1 aromatic heterocycles. The van der Waals surface area contributed by atoms with Crippen LogP contribution >= 0.6 is 0 Å². The number of ether oxygens (including phenoxy) is 1. The summed E-state index contributed by atoms with van der Waals surface area (Å²) in [6.45, 7) is 1.47. The van der Waals surface area contributed by atoms with Gasteiger partial charge >= 0.3 is 0 Å². The molecule has 2 aromatic carbocycles. The summed E-state index contributed by atoms with van der Waals surface area (Å²) in [4.78, 5) is 13.3. The second-order valence-electron chi connectivity index (χ2n) is 7.97. The Morgan fingerprint density at radius 1 is 1.00 bits per heavy atom. The summed E-state index contributed by atoms with van der Waals surface area (Å²) in [5.74, 6) is 0.119. The van der Waals surface area contributed by atoms with Crippen LogP contribution in [0.1, 0.15) is 34.9 Å². The van der Waals surface area contributed by atoms with Gasteiger partial charge in [-0.1, -0.05) is 18.2 Å². The summed E-state index contributed by atoms with van der Waals surface area (Å²) >= 11 is 0. The molecule has 1 aliphatic heterocycles. The molecule has 2 fully saturated rings. The fourth-order valence-corrected chi connectivity index (χ4v) is 5.16. The first-order chi connectivity index (χ1) is 15.5. The van der Waals surface area contributed by atoms with Gasteiger partial charge in [0.2, 0.25) is 10.0 Å². The van der Waals surface area contributed by atoms with Gasteiger partial charge in [0.15, 0.2) is 0 Å². The van der Waals surface area contributed by atoms with Gasteiger partial charge in [0.05, 0.1) is 29.5 Å². The number of nitrogens with zero attached hydrogens (tertiary/aromatic N) is 3. The van der Waals surface area contributed by atoms with Crippen molar-refractivity contribution in [2.75, 3.05) is 31.6 Å². The number of rotatable bonds is 6. The molecule has 5 rings (SSSR count). The maximum absolute atomic E-state index is 13.1. The number of anilines is 1. The Labute approximate surface area is 186 Å². The molecule has 0 atom stereocenters. The summed E-state index contributed by atoms with van der Waals surface area (Å²) < 4.78 is 33.9. The molecule has 3 aromatic rings. The third-order valence-electron chi connectivity index (χ3n) is 5.68. The van der Waals surface area contributed by atoms with Crippen molar-refractivity contribution in [1.82, 2.24) is 14.1 Å². The molecule has 1 aliphatic carbocycles. The number of nitrogens with one attached hydrogen (secondary N) is 1. The maximum Gasteiger partial charge on any atom is 0.274 e. The highest BCUT2D eigenvalue weighted by molar-refractivity contribution is 7.89. The zero-order valence-electron chi connectivity index (χ0n) is 17.5. The van der Waals surface area contributed by atoms with Crippen LogP contribution in [0.5, 0.6) is 0 Å². The van der Waals surface area contributed by atoms with Crippen LogP contribution in [-0.4, -0.2) is 54.7 Å². The number of para-hydroxylation sites is 1. The molecular formula is C23H24N4O4S. The first-order valence-electron chi connectivity index (χ1n) is 10.7. The number of aromatic nitrogens is 2. The van der Waals surface area contributed by atoms with Crippen molar-refractivity contribution in [3.05, 3.63) is 72.1 Å². The molecular weight excluding hydrogens is 428 g/mol. The average molecular weight is 453 g/mol. The van der Waals surface area contributed by atoms with E-state index in [0.717, 1.165) is 24.2 Å². The Bertz CT molecular complexity index is 1210. The quantitative estimate of drug-likeness (QED) is 0.621. The van der Waals surface area contributed by atoms with Crippen LogP contribution in [0.2, 0.25) is 0 Å². The fourth-order valence-electron chi connectivity index (χ4n) is 3.75. The second kappa shape index (κ2) is 8.50. The highest BCUT2D eigenvalue weighted by Crippen LogP contribution is 2.39. The molecule has 1 N–H and O–H groups in total. The lowest BCUT2D eigenvalue weighted by Crippen LogP contribution is -2.40. The topological polar surface area (TPSA) is 93.5 Å². The standard InChI is InChI=1S/C23H24N4O4S/c28-23(22-16-21(17-6-7-17)25-27(22)19-4-2-1-3-5-19)24-18-8-10-20(11-9-18)32(29,30)26-12-14-31-15-13-26/h1-5,8-11,16-17H,6-7,12-15H2,(H,24,28). The first kappa shape index (κ1) is 20.9. The van der Waals surface area contributed by atoms with Crippen LogP contribution in [0.3, 0.4) is 0 Å². The van der Waals surface area contributed by atoms with E-state index in [1.165, 1.54) is 16.4 Å². The molecule has 32 heavy (non-hydrogen) atoms. The minimum Gasteiger partial charge on any atom is -0.379 e. The minimum atomic E-state index is -3.57. The van der Waals surface area contributed by atoms with E-state index in [0.29, 0.717) is 43.6 Å². The Morgan fingerprint density at radius 2 is 1.69 bits per heavy atom. The van der Waals surface area contributed by atoms with Crippen molar-refractivity contribution < 1.29 is 17.9 Å². The average Bonchev–Trinajstić information content (AvgIpc) is 3.58. The monoisotopic (exact) mass is 452 g/mol. The zero-order chi connectivity index (χ0) is 22.1. The van der Waals surface area contributed by atoms with Crippen molar-refractivity contribution in [2.45, 2.75) is 23.7 Å². The van der Waals surface area contributed by atoms with E-state index in [1.54, 1.807) is 16.8 Å². The largest absolute Gasteiger partial charge is 0.379 e. The van der Waals surface area contributed by atoms with E-state index >= 15 is 0 Å². The summed E-state index contributed by atoms with van der Waals surface area (Å²) in [7, 11) is -3.57. The molecule has 9 heteroatoms. The zero-order valence-corrected chi connectivity index (χ0v) is 18.3. The van der Waals surface area contributed by atoms with E-state index in [4.69, 9.17) is 4.74 Å². The van der Waals surface area contributed by atoms with Crippen LogP contribution in [-0.2, 0) is 14.8 Å². The van der Waals surface area contributed by atoms with Crippen molar-refractivity contribution in [3.63, 3.8) is 0 Å². The maximum atomic E-state index is 13.1. The van der Waals surface area contributed by atoms with Crippen molar-refractivity contribution in [1.29, 1.82) is 0 Å². The predicted octanol–water partition coefficient (Wildman–Crippen LogP) is 3.02. The van der Waals surface area contributed by atoms with Gasteiger partial charge in [0, 0.05) is 24.7 Å². The normalized spacial score (nSPS) is 17.2. The molecule has 0 spiro atoms. The van der Waals surface area contributed by atoms with E-state index in [9.17, 15) is 13.2 Å². The number of benzene rings is 2. The highest BCUT2D eigenvalue weighted by atomic mass is 32.2. The van der Waals surface area contributed by atoms with Crippen LogP contribution in [0.4, 0.5) is 5.69 Å². The summed E-state index contributed by atoms with van der Waals surface area (Å²) in [5.41, 5.74) is 2.70. The molecule has 1 saturated heterocycles. The molecule has 0 unspecified atom stereocenters. The lowest BCUT2D eigenvalue weighted by Gasteiger charge is -2.26. The van der Waals surface area contributed by atoms with Crippen molar-refractivity contribution in [3.8, 4) is 5.69 Å². The van der Waals surface area contributed by atoms with Gasteiger partial charge in [-0.3, -0.25) is 4.79 Å². The van der Waals surface area contributed by atoms with E-state index in [2.05, 4.69) is 10.4 Å². The van der Waals surface area contributed by atoms with Crippen LogP contribution in [0.25, 0.3) is 5.69 Å². The molecule has 0 bridgehead atoms. The van der Waals surface area contributed by atoms with Gasteiger partial charge < -0.3 is 10.1 Å². The van der Waals surface area contributed by atoms with Crippen molar-refractivity contribution >= 4 is 21.6 Å². The predicted molar refractivity (Wildman–Crippen MR) is 120 cm³/mol. The molecule has 1 saturated carbocycles. The lowest BCUT2D eigenvalue weighted by molar-refractivity contribution is 0.0730. The van der Waals surface area contributed by atoms with Gasteiger partial charge in [-0.25, -0.2) is 13.1 Å². The number of morpholine rings is 1. The van der Waals surface area contributed by atoms with Crippen LogP contribution < -0.4 is 5.32 Å². The van der Waals surface area contributed by atoms with Crippen LogP contribution in [0, 0.1) is 0 Å². The summed E-state index contributed by atoms with van der Waals surface area (Å²) in [6, 6.07) is 17.6. The Kier molecular flexibility index (Phi) is 5.54. The molecule has 2 heterocycles. The number of amides is 1. The molecule has 8 nitrogen and oxygen atoms in total. The van der Waals surface area contributed by atoms with E-state index in [1.807, 2.05) is 36.4 Å².